The van der Waals surface area contributed by atoms with Crippen LogP contribution in [0.4, 0.5) is 0 Å². The fourth-order valence-electron chi connectivity index (χ4n) is 1.98. The Morgan fingerprint density at radius 3 is 2.38 bits per heavy atom. The van der Waals surface area contributed by atoms with E-state index in [2.05, 4.69) is 13.8 Å². The average Bonchev–Trinajstić information content (AvgIpc) is 2.31. The summed E-state index contributed by atoms with van der Waals surface area (Å²) >= 11 is 0. The quantitative estimate of drug-likeness (QED) is 0.743. The minimum atomic E-state index is 0.143. The van der Waals surface area contributed by atoms with Crippen LogP contribution in [0, 0.1) is 0 Å². The van der Waals surface area contributed by atoms with Gasteiger partial charge in [-0.2, -0.15) is 0 Å². The molecule has 0 N–H and O–H groups in total. The minimum absolute atomic E-state index is 0.143. The maximum absolute atomic E-state index is 12.2. The summed E-state index contributed by atoms with van der Waals surface area (Å²) < 4.78 is 0. The molecule has 0 heterocycles. The highest BCUT2D eigenvalue weighted by Crippen LogP contribution is 2.11. The Kier molecular flexibility index (Phi) is 5.03. The molecule has 1 aromatic carbocycles. The van der Waals surface area contributed by atoms with E-state index >= 15 is 0 Å². The molecule has 0 saturated heterocycles. The van der Waals surface area contributed by atoms with Crippen molar-refractivity contribution in [1.29, 1.82) is 0 Å². The second kappa shape index (κ2) is 6.31. The molecule has 1 rings (SSSR count). The van der Waals surface area contributed by atoms with Crippen LogP contribution >= 0.6 is 0 Å². The zero-order valence-electron chi connectivity index (χ0n) is 10.4. The minimum Gasteiger partial charge on any atom is -0.336 e. The lowest BCUT2D eigenvalue weighted by molar-refractivity contribution is 0.0695. The van der Waals surface area contributed by atoms with Crippen LogP contribution in [0.15, 0.2) is 30.3 Å². The monoisotopic (exact) mass is 219 g/mol. The molecule has 0 aromatic heterocycles. The van der Waals surface area contributed by atoms with Crippen molar-refractivity contribution in [2.75, 3.05) is 6.54 Å². The molecule has 0 aliphatic carbocycles. The van der Waals surface area contributed by atoms with Crippen molar-refractivity contribution in [2.24, 2.45) is 0 Å². The molecule has 0 radical (unpaired) electrons. The summed E-state index contributed by atoms with van der Waals surface area (Å²) in [7, 11) is 0. The second-order valence-corrected chi connectivity index (χ2v) is 4.09. The van der Waals surface area contributed by atoms with Crippen LogP contribution in [-0.2, 0) is 0 Å². The molecular formula is C14H21NO. The number of amides is 1. The lowest BCUT2D eigenvalue weighted by Crippen LogP contribution is -2.38. The van der Waals surface area contributed by atoms with Gasteiger partial charge in [0.15, 0.2) is 0 Å². The summed E-state index contributed by atoms with van der Waals surface area (Å²) in [6.45, 7) is 7.08. The van der Waals surface area contributed by atoms with Gasteiger partial charge in [-0.15, -0.1) is 0 Å². The largest absolute Gasteiger partial charge is 0.336 e. The van der Waals surface area contributed by atoms with Gasteiger partial charge < -0.3 is 4.90 Å². The van der Waals surface area contributed by atoms with E-state index in [4.69, 9.17) is 0 Å². The van der Waals surface area contributed by atoms with Gasteiger partial charge in [0.2, 0.25) is 0 Å². The van der Waals surface area contributed by atoms with E-state index < -0.39 is 0 Å². The normalized spacial score (nSPS) is 12.2. The number of hydrogen-bond acceptors (Lipinski definition) is 1. The summed E-state index contributed by atoms with van der Waals surface area (Å²) in [5.74, 6) is 0.143. The van der Waals surface area contributed by atoms with Crippen LogP contribution in [0.25, 0.3) is 0 Å². The van der Waals surface area contributed by atoms with Gasteiger partial charge in [-0.3, -0.25) is 4.79 Å². The number of hydrogen-bond donors (Lipinski definition) is 0. The fourth-order valence-corrected chi connectivity index (χ4v) is 1.98. The first-order valence-electron chi connectivity index (χ1n) is 6.06. The van der Waals surface area contributed by atoms with Crippen molar-refractivity contribution in [3.63, 3.8) is 0 Å². The Balaban J connectivity index is 2.77. The standard InChI is InChI=1S/C14H21NO/c1-4-9-12(3)15(5-2)14(16)13-10-7-6-8-11-13/h6-8,10-12H,4-5,9H2,1-3H3. The molecule has 1 atom stereocenters. The van der Waals surface area contributed by atoms with Gasteiger partial charge in [-0.1, -0.05) is 31.5 Å². The number of carbonyl (C=O) groups excluding carboxylic acids is 1. The third kappa shape index (κ3) is 3.09. The lowest BCUT2D eigenvalue weighted by Gasteiger charge is -2.28. The second-order valence-electron chi connectivity index (χ2n) is 4.09. The van der Waals surface area contributed by atoms with Crippen molar-refractivity contribution in [2.45, 2.75) is 39.7 Å². The van der Waals surface area contributed by atoms with E-state index in [0.29, 0.717) is 6.04 Å². The summed E-state index contributed by atoms with van der Waals surface area (Å²) in [4.78, 5) is 14.2. The highest BCUT2D eigenvalue weighted by molar-refractivity contribution is 5.94. The Morgan fingerprint density at radius 1 is 1.25 bits per heavy atom. The van der Waals surface area contributed by atoms with Crippen molar-refractivity contribution in [1.82, 2.24) is 4.90 Å². The summed E-state index contributed by atoms with van der Waals surface area (Å²) in [6.07, 6.45) is 2.17. The smallest absolute Gasteiger partial charge is 0.254 e. The van der Waals surface area contributed by atoms with Gasteiger partial charge in [0.05, 0.1) is 0 Å². The van der Waals surface area contributed by atoms with Crippen molar-refractivity contribution < 1.29 is 4.79 Å². The third-order valence-corrected chi connectivity index (χ3v) is 2.86. The Hall–Kier alpha value is -1.31. The van der Waals surface area contributed by atoms with Gasteiger partial charge in [0.1, 0.15) is 0 Å². The van der Waals surface area contributed by atoms with Crippen LogP contribution in [0.2, 0.25) is 0 Å². The Labute approximate surface area is 98.3 Å². The van der Waals surface area contributed by atoms with Crippen LogP contribution in [0.5, 0.6) is 0 Å². The fraction of sp³-hybridized carbons (Fsp3) is 0.500. The van der Waals surface area contributed by atoms with Gasteiger partial charge in [0.25, 0.3) is 5.91 Å². The summed E-state index contributed by atoms with van der Waals surface area (Å²) in [6, 6.07) is 9.83. The molecule has 0 saturated carbocycles. The SMILES string of the molecule is CCCC(C)N(CC)C(=O)c1ccccc1. The van der Waals surface area contributed by atoms with Gasteiger partial charge >= 0.3 is 0 Å². The molecule has 16 heavy (non-hydrogen) atoms. The first-order valence-corrected chi connectivity index (χ1v) is 6.06. The highest BCUT2D eigenvalue weighted by Gasteiger charge is 2.18. The molecule has 2 heteroatoms. The Bertz CT molecular complexity index is 321. The molecule has 0 aliphatic heterocycles. The maximum atomic E-state index is 12.2. The van der Waals surface area contributed by atoms with Gasteiger partial charge in [0, 0.05) is 18.2 Å². The first-order chi connectivity index (χ1) is 7.70. The van der Waals surface area contributed by atoms with E-state index in [0.717, 1.165) is 24.9 Å². The van der Waals surface area contributed by atoms with E-state index in [-0.39, 0.29) is 5.91 Å². The van der Waals surface area contributed by atoms with E-state index in [1.54, 1.807) is 0 Å². The van der Waals surface area contributed by atoms with Crippen molar-refractivity contribution >= 4 is 5.91 Å². The molecule has 0 bridgehead atoms. The van der Waals surface area contributed by atoms with Crippen LogP contribution in [-0.4, -0.2) is 23.4 Å². The zero-order valence-corrected chi connectivity index (χ0v) is 10.4. The van der Waals surface area contributed by atoms with Crippen LogP contribution in [0.3, 0.4) is 0 Å². The molecule has 1 aromatic rings. The lowest BCUT2D eigenvalue weighted by atomic mass is 10.1. The van der Waals surface area contributed by atoms with Crippen LogP contribution < -0.4 is 0 Å². The molecule has 1 amide bonds. The molecule has 0 aliphatic rings. The number of rotatable bonds is 5. The predicted octanol–water partition coefficient (Wildman–Crippen LogP) is 3.34. The number of carbonyl (C=O) groups is 1. The number of benzene rings is 1. The molecule has 0 fully saturated rings. The van der Waals surface area contributed by atoms with Crippen molar-refractivity contribution in [3.8, 4) is 0 Å². The first kappa shape index (κ1) is 12.8. The van der Waals surface area contributed by atoms with E-state index in [1.807, 2.05) is 42.2 Å². The van der Waals surface area contributed by atoms with E-state index in [9.17, 15) is 4.79 Å². The summed E-state index contributed by atoms with van der Waals surface area (Å²) in [5, 5.41) is 0. The molecule has 0 spiro atoms. The molecule has 2 nitrogen and oxygen atoms in total. The predicted molar refractivity (Wildman–Crippen MR) is 67.5 cm³/mol. The van der Waals surface area contributed by atoms with Gasteiger partial charge in [-0.05, 0) is 32.4 Å². The molecule has 88 valence electrons. The molecular weight excluding hydrogens is 198 g/mol. The summed E-state index contributed by atoms with van der Waals surface area (Å²) in [5.41, 5.74) is 0.785. The third-order valence-electron chi connectivity index (χ3n) is 2.86. The van der Waals surface area contributed by atoms with Gasteiger partial charge in [-0.25, -0.2) is 0 Å². The topological polar surface area (TPSA) is 20.3 Å². The number of nitrogens with zero attached hydrogens (tertiary/aromatic N) is 1. The molecule has 1 unspecified atom stereocenters. The Morgan fingerprint density at radius 2 is 1.88 bits per heavy atom. The van der Waals surface area contributed by atoms with Crippen LogP contribution in [0.1, 0.15) is 44.0 Å². The maximum Gasteiger partial charge on any atom is 0.254 e. The average molecular weight is 219 g/mol. The van der Waals surface area contributed by atoms with Crippen molar-refractivity contribution in [3.05, 3.63) is 35.9 Å². The van der Waals surface area contributed by atoms with E-state index in [1.165, 1.54) is 0 Å². The zero-order chi connectivity index (χ0) is 12.0. The highest BCUT2D eigenvalue weighted by atomic mass is 16.2.